The molecule has 0 radical (unpaired) electrons. The van der Waals surface area contributed by atoms with Crippen molar-refractivity contribution < 1.29 is 4.74 Å². The number of anilines is 1. The van der Waals surface area contributed by atoms with Gasteiger partial charge in [-0.3, -0.25) is 4.98 Å². The second kappa shape index (κ2) is 7.36. The van der Waals surface area contributed by atoms with Crippen LogP contribution in [-0.4, -0.2) is 23.1 Å². The Bertz CT molecular complexity index is 1420. The first-order valence-corrected chi connectivity index (χ1v) is 11.3. The van der Waals surface area contributed by atoms with E-state index in [0.717, 1.165) is 34.9 Å². The van der Waals surface area contributed by atoms with Crippen molar-refractivity contribution in [3.63, 3.8) is 0 Å². The van der Waals surface area contributed by atoms with Crippen LogP contribution in [0.5, 0.6) is 5.75 Å². The number of aryl methyl sites for hydroxylation is 1. The first-order valence-electron chi connectivity index (χ1n) is 10.5. The van der Waals surface area contributed by atoms with Gasteiger partial charge < -0.3 is 9.64 Å². The number of hydrogen-bond acceptors (Lipinski definition) is 5. The number of hydrogen-bond donors (Lipinski definition) is 0. The van der Waals surface area contributed by atoms with Gasteiger partial charge in [-0.15, -0.1) is 11.3 Å². The van der Waals surface area contributed by atoms with E-state index in [-0.39, 0.29) is 0 Å². The van der Waals surface area contributed by atoms with E-state index in [2.05, 4.69) is 82.5 Å². The van der Waals surface area contributed by atoms with Crippen LogP contribution in [0.1, 0.15) is 10.6 Å². The molecule has 3 aromatic carbocycles. The van der Waals surface area contributed by atoms with Crippen molar-refractivity contribution in [1.82, 2.24) is 9.97 Å². The van der Waals surface area contributed by atoms with Crippen LogP contribution in [0, 0.1) is 6.92 Å². The van der Waals surface area contributed by atoms with Gasteiger partial charge in [0.05, 0.1) is 27.3 Å². The molecular formula is C26H21N3OS. The number of para-hydroxylation sites is 1. The summed E-state index contributed by atoms with van der Waals surface area (Å²) in [5.74, 6) is 0.968. The molecule has 2 aromatic heterocycles. The van der Waals surface area contributed by atoms with Gasteiger partial charge in [0.15, 0.2) is 0 Å². The molecule has 5 aromatic rings. The Balaban J connectivity index is 1.40. The fraction of sp³-hybridized carbons (Fsp3) is 0.154. The summed E-state index contributed by atoms with van der Waals surface area (Å²) in [6.07, 6.45) is 1.89. The minimum atomic E-state index is 0.660. The quantitative estimate of drug-likeness (QED) is 0.338. The summed E-state index contributed by atoms with van der Waals surface area (Å²) < 4.78 is 7.34. The molecule has 0 fully saturated rings. The van der Waals surface area contributed by atoms with Crippen LogP contribution in [0.25, 0.3) is 32.2 Å². The largest absolute Gasteiger partial charge is 0.491 e. The molecule has 0 saturated heterocycles. The van der Waals surface area contributed by atoms with Crippen LogP contribution in [0.2, 0.25) is 0 Å². The first-order chi connectivity index (χ1) is 15.2. The molecular weight excluding hydrogens is 402 g/mol. The highest BCUT2D eigenvalue weighted by Gasteiger charge is 2.18. The van der Waals surface area contributed by atoms with Crippen molar-refractivity contribution in [3.8, 4) is 16.9 Å². The number of nitrogens with zero attached hydrogens (tertiary/aromatic N) is 3. The summed E-state index contributed by atoms with van der Waals surface area (Å²) in [7, 11) is 0. The molecule has 0 bridgehead atoms. The predicted molar refractivity (Wildman–Crippen MR) is 128 cm³/mol. The van der Waals surface area contributed by atoms with Gasteiger partial charge in [-0.25, -0.2) is 4.98 Å². The van der Waals surface area contributed by atoms with Gasteiger partial charge >= 0.3 is 0 Å². The smallest absolute Gasteiger partial charge is 0.124 e. The average Bonchev–Trinajstić information content (AvgIpc) is 3.04. The third-order valence-corrected chi connectivity index (χ3v) is 6.79. The summed E-state index contributed by atoms with van der Waals surface area (Å²) in [4.78, 5) is 11.6. The third kappa shape index (κ3) is 3.31. The molecule has 4 nitrogen and oxygen atoms in total. The number of benzene rings is 3. The van der Waals surface area contributed by atoms with Crippen molar-refractivity contribution in [2.75, 3.05) is 18.1 Å². The Morgan fingerprint density at radius 3 is 2.77 bits per heavy atom. The Morgan fingerprint density at radius 2 is 1.81 bits per heavy atom. The molecule has 0 amide bonds. The Hall–Kier alpha value is -3.44. The zero-order chi connectivity index (χ0) is 20.8. The van der Waals surface area contributed by atoms with E-state index < -0.39 is 0 Å². The molecule has 0 N–H and O–H groups in total. The van der Waals surface area contributed by atoms with Crippen molar-refractivity contribution in [3.05, 3.63) is 83.5 Å². The maximum atomic E-state index is 6.11. The van der Waals surface area contributed by atoms with E-state index >= 15 is 0 Å². The molecule has 1 aliphatic heterocycles. The number of fused-ring (bicyclic) bond motifs is 3. The lowest BCUT2D eigenvalue weighted by Crippen LogP contribution is -2.25. The summed E-state index contributed by atoms with van der Waals surface area (Å²) in [5, 5.41) is 2.27. The van der Waals surface area contributed by atoms with Crippen molar-refractivity contribution in [2.24, 2.45) is 0 Å². The lowest BCUT2D eigenvalue weighted by atomic mass is 10.0. The normalized spacial score (nSPS) is 13.8. The maximum absolute atomic E-state index is 6.11. The second-order valence-corrected chi connectivity index (χ2v) is 9.09. The molecule has 0 atom stereocenters. The van der Waals surface area contributed by atoms with Gasteiger partial charge in [-0.1, -0.05) is 30.3 Å². The molecule has 0 aliphatic carbocycles. The van der Waals surface area contributed by atoms with Gasteiger partial charge in [0.2, 0.25) is 0 Å². The summed E-state index contributed by atoms with van der Waals surface area (Å²) in [6, 6.07) is 23.5. The highest BCUT2D eigenvalue weighted by molar-refractivity contribution is 7.18. The van der Waals surface area contributed by atoms with Crippen molar-refractivity contribution in [1.29, 1.82) is 0 Å². The summed E-state index contributed by atoms with van der Waals surface area (Å²) in [5.41, 5.74) is 6.86. The number of aromatic nitrogens is 2. The van der Waals surface area contributed by atoms with Crippen LogP contribution >= 0.6 is 11.3 Å². The van der Waals surface area contributed by atoms with E-state index in [1.807, 2.05) is 12.3 Å². The van der Waals surface area contributed by atoms with E-state index in [0.29, 0.717) is 6.61 Å². The van der Waals surface area contributed by atoms with Crippen molar-refractivity contribution >= 4 is 38.1 Å². The number of thiazole rings is 1. The Kier molecular flexibility index (Phi) is 4.35. The zero-order valence-corrected chi connectivity index (χ0v) is 18.0. The van der Waals surface area contributed by atoms with Gasteiger partial charge in [0.25, 0.3) is 0 Å². The zero-order valence-electron chi connectivity index (χ0n) is 17.2. The van der Waals surface area contributed by atoms with E-state index in [9.17, 15) is 0 Å². The number of rotatable bonds is 2. The molecule has 3 heterocycles. The van der Waals surface area contributed by atoms with Gasteiger partial charge in [0, 0.05) is 29.4 Å². The van der Waals surface area contributed by atoms with Gasteiger partial charge in [0.1, 0.15) is 12.4 Å². The Labute approximate surface area is 184 Å². The van der Waals surface area contributed by atoms with Crippen LogP contribution in [-0.2, 0) is 6.54 Å². The van der Waals surface area contributed by atoms with Crippen molar-refractivity contribution in [2.45, 2.75) is 13.5 Å². The molecule has 0 spiro atoms. The van der Waals surface area contributed by atoms with E-state index in [4.69, 9.17) is 4.74 Å². The second-order valence-electron chi connectivity index (χ2n) is 7.86. The van der Waals surface area contributed by atoms with Crippen LogP contribution in [0.3, 0.4) is 0 Å². The molecule has 152 valence electrons. The maximum Gasteiger partial charge on any atom is 0.124 e. The third-order valence-electron chi connectivity index (χ3n) is 5.84. The summed E-state index contributed by atoms with van der Waals surface area (Å²) in [6.45, 7) is 4.35. The van der Waals surface area contributed by atoms with Crippen LogP contribution in [0.4, 0.5) is 5.69 Å². The molecule has 31 heavy (non-hydrogen) atoms. The SMILES string of the molecule is Cc1nc2cc(-c3ccc4c(c3)CN(c3ccnc5ccccc35)CCO4)ccc2s1. The lowest BCUT2D eigenvalue weighted by Gasteiger charge is -2.23. The first kappa shape index (κ1) is 18.3. The molecule has 5 heteroatoms. The monoisotopic (exact) mass is 423 g/mol. The number of pyridine rings is 1. The highest BCUT2D eigenvalue weighted by Crippen LogP contribution is 2.34. The molecule has 1 aliphatic rings. The topological polar surface area (TPSA) is 38.2 Å². The van der Waals surface area contributed by atoms with Gasteiger partial charge in [-0.2, -0.15) is 0 Å². The van der Waals surface area contributed by atoms with Crippen LogP contribution < -0.4 is 9.64 Å². The molecule has 6 rings (SSSR count). The fourth-order valence-electron chi connectivity index (χ4n) is 4.36. The lowest BCUT2D eigenvalue weighted by molar-refractivity contribution is 0.332. The standard InChI is InChI=1S/C26H21N3OS/c1-17-28-23-15-19(7-9-26(23)31-17)18-6-8-25-20(14-18)16-29(12-13-30-25)24-10-11-27-22-5-3-2-4-21(22)24/h2-11,14-15H,12-13,16H2,1H3. The average molecular weight is 424 g/mol. The Morgan fingerprint density at radius 1 is 0.935 bits per heavy atom. The molecule has 0 saturated carbocycles. The van der Waals surface area contributed by atoms with Gasteiger partial charge in [-0.05, 0) is 54.4 Å². The summed E-state index contributed by atoms with van der Waals surface area (Å²) >= 11 is 1.74. The minimum absolute atomic E-state index is 0.660. The van der Waals surface area contributed by atoms with Crippen LogP contribution in [0.15, 0.2) is 72.9 Å². The fourth-order valence-corrected chi connectivity index (χ4v) is 5.17. The predicted octanol–water partition coefficient (Wildman–Crippen LogP) is 6.22. The van der Waals surface area contributed by atoms with E-state index in [1.165, 1.54) is 32.5 Å². The highest BCUT2D eigenvalue weighted by atomic mass is 32.1. The number of ether oxygens (including phenoxy) is 1. The van der Waals surface area contributed by atoms with E-state index in [1.54, 1.807) is 11.3 Å². The minimum Gasteiger partial charge on any atom is -0.491 e. The molecule has 0 unspecified atom stereocenters.